The molecule has 0 fully saturated rings. The molecule has 0 saturated heterocycles. The van der Waals surface area contributed by atoms with Gasteiger partial charge in [-0.15, -0.1) is 11.3 Å². The van der Waals surface area contributed by atoms with Crippen LogP contribution in [0.5, 0.6) is 5.75 Å². The number of rotatable bonds is 5. The summed E-state index contributed by atoms with van der Waals surface area (Å²) in [6, 6.07) is 5.71. The molecule has 0 spiro atoms. The summed E-state index contributed by atoms with van der Waals surface area (Å²) in [5, 5.41) is 7.09. The molecule has 3 aromatic heterocycles. The van der Waals surface area contributed by atoms with Gasteiger partial charge in [0.15, 0.2) is 5.82 Å². The highest BCUT2D eigenvalue weighted by Gasteiger charge is 2.14. The smallest absolute Gasteiger partial charge is 0.183 e. The molecule has 0 radical (unpaired) electrons. The summed E-state index contributed by atoms with van der Waals surface area (Å²) in [7, 11) is 1.60. The fourth-order valence-electron chi connectivity index (χ4n) is 2.75. The Morgan fingerprint density at radius 3 is 2.85 bits per heavy atom. The van der Waals surface area contributed by atoms with Crippen LogP contribution in [-0.2, 0) is 6.54 Å². The maximum Gasteiger partial charge on any atom is 0.183 e. The highest BCUT2D eigenvalue weighted by molar-refractivity contribution is 7.17. The minimum atomic E-state index is 0.549. The van der Waals surface area contributed by atoms with E-state index in [1.165, 1.54) is 0 Å². The number of methoxy groups -OCH3 is 1. The van der Waals surface area contributed by atoms with Gasteiger partial charge >= 0.3 is 0 Å². The Morgan fingerprint density at radius 1 is 1.22 bits per heavy atom. The third-order valence-corrected chi connectivity index (χ3v) is 5.37. The summed E-state index contributed by atoms with van der Waals surface area (Å²) in [6.45, 7) is 2.63. The van der Waals surface area contributed by atoms with E-state index in [0.717, 1.165) is 27.2 Å². The lowest BCUT2D eigenvalue weighted by Crippen LogP contribution is -2.04. The molecule has 3 heterocycles. The number of nitrogens with zero attached hydrogens (tertiary/aromatic N) is 4. The molecule has 0 bridgehead atoms. The topological polar surface area (TPSA) is 72.8 Å². The molecule has 0 aliphatic heterocycles. The normalized spacial score (nSPS) is 10.9. The van der Waals surface area contributed by atoms with Crippen molar-refractivity contribution in [1.82, 2.24) is 19.9 Å². The Labute approximate surface area is 165 Å². The molecular weight excluding hydrogens is 382 g/mol. The Balaban J connectivity index is 1.69. The van der Waals surface area contributed by atoms with E-state index >= 15 is 0 Å². The lowest BCUT2D eigenvalue weighted by Gasteiger charge is -2.11. The van der Waals surface area contributed by atoms with Gasteiger partial charge in [-0.25, -0.2) is 15.0 Å². The zero-order chi connectivity index (χ0) is 18.8. The van der Waals surface area contributed by atoms with Gasteiger partial charge in [-0.2, -0.15) is 0 Å². The molecule has 8 heteroatoms. The average Bonchev–Trinajstić information content (AvgIpc) is 3.08. The van der Waals surface area contributed by atoms with Crippen LogP contribution in [0.2, 0.25) is 5.02 Å². The predicted molar refractivity (Wildman–Crippen MR) is 109 cm³/mol. The lowest BCUT2D eigenvalue weighted by atomic mass is 10.2. The van der Waals surface area contributed by atoms with Crippen LogP contribution in [0.1, 0.15) is 11.1 Å². The average molecular weight is 398 g/mol. The van der Waals surface area contributed by atoms with Crippen LogP contribution in [0.4, 0.5) is 5.82 Å². The zero-order valence-corrected chi connectivity index (χ0v) is 16.3. The van der Waals surface area contributed by atoms with Gasteiger partial charge in [-0.05, 0) is 35.6 Å². The van der Waals surface area contributed by atoms with E-state index in [1.54, 1.807) is 37.0 Å². The molecule has 0 aliphatic rings. The van der Waals surface area contributed by atoms with Gasteiger partial charge in [-0.3, -0.25) is 4.98 Å². The van der Waals surface area contributed by atoms with E-state index in [4.69, 9.17) is 21.3 Å². The molecule has 0 aliphatic carbocycles. The molecule has 27 heavy (non-hydrogen) atoms. The first kappa shape index (κ1) is 17.6. The summed E-state index contributed by atoms with van der Waals surface area (Å²) in [5.74, 6) is 1.97. The van der Waals surface area contributed by atoms with Crippen molar-refractivity contribution in [2.24, 2.45) is 0 Å². The maximum absolute atomic E-state index is 6.23. The van der Waals surface area contributed by atoms with Crippen molar-refractivity contribution in [3.63, 3.8) is 0 Å². The number of aromatic nitrogens is 4. The minimum Gasteiger partial charge on any atom is -0.495 e. The van der Waals surface area contributed by atoms with Crippen molar-refractivity contribution in [2.45, 2.75) is 13.5 Å². The fourth-order valence-corrected chi connectivity index (χ4v) is 3.95. The van der Waals surface area contributed by atoms with Gasteiger partial charge in [0.25, 0.3) is 0 Å². The molecule has 6 nitrogen and oxygen atoms in total. The van der Waals surface area contributed by atoms with E-state index in [0.29, 0.717) is 28.8 Å². The Morgan fingerprint density at radius 2 is 2.11 bits per heavy atom. The van der Waals surface area contributed by atoms with E-state index in [2.05, 4.69) is 32.6 Å². The fraction of sp³-hybridized carbons (Fsp3) is 0.158. The number of benzene rings is 1. The van der Waals surface area contributed by atoms with Gasteiger partial charge in [0.2, 0.25) is 0 Å². The maximum atomic E-state index is 6.23. The monoisotopic (exact) mass is 397 g/mol. The number of halogens is 1. The number of ether oxygens (including phenoxy) is 1. The second-order valence-electron chi connectivity index (χ2n) is 5.91. The standard InChI is InChI=1S/C19H16ClN5OS/c1-11-10-27-19-16(11)18(24-17(25-19)14-9-21-5-6-22-14)23-8-12-3-4-15(26-2)13(20)7-12/h3-7,9-10H,8H2,1-2H3,(H,23,24,25). The first-order valence-corrected chi connectivity index (χ1v) is 9.50. The summed E-state index contributed by atoms with van der Waals surface area (Å²) >= 11 is 7.82. The van der Waals surface area contributed by atoms with E-state index < -0.39 is 0 Å². The van der Waals surface area contributed by atoms with Crippen LogP contribution in [0, 0.1) is 6.92 Å². The van der Waals surface area contributed by atoms with Gasteiger partial charge in [0.05, 0.1) is 23.7 Å². The third kappa shape index (κ3) is 3.56. The number of nitrogens with one attached hydrogen (secondary N) is 1. The molecule has 0 atom stereocenters. The van der Waals surface area contributed by atoms with Gasteiger partial charge in [-0.1, -0.05) is 17.7 Å². The lowest BCUT2D eigenvalue weighted by molar-refractivity contribution is 0.415. The van der Waals surface area contributed by atoms with E-state index in [9.17, 15) is 0 Å². The zero-order valence-electron chi connectivity index (χ0n) is 14.7. The molecular formula is C19H16ClN5OS. The predicted octanol–water partition coefficient (Wildman–Crippen LogP) is 4.73. The Hall–Kier alpha value is -2.77. The summed E-state index contributed by atoms with van der Waals surface area (Å²) < 4.78 is 5.21. The second kappa shape index (κ2) is 7.46. The number of anilines is 1. The molecule has 4 aromatic rings. The summed E-state index contributed by atoms with van der Waals surface area (Å²) in [4.78, 5) is 18.7. The van der Waals surface area contributed by atoms with E-state index in [-0.39, 0.29) is 0 Å². The molecule has 0 saturated carbocycles. The van der Waals surface area contributed by atoms with E-state index in [1.807, 2.05) is 18.2 Å². The molecule has 136 valence electrons. The quantitative estimate of drug-likeness (QED) is 0.524. The summed E-state index contributed by atoms with van der Waals surface area (Å²) in [6.07, 6.45) is 4.92. The SMILES string of the molecule is COc1ccc(CNc2nc(-c3cnccn3)nc3scc(C)c23)cc1Cl. The number of fused-ring (bicyclic) bond motifs is 1. The largest absolute Gasteiger partial charge is 0.495 e. The molecule has 4 rings (SSSR count). The van der Waals surface area contributed by atoms with Gasteiger partial charge < -0.3 is 10.1 Å². The Kier molecular flexibility index (Phi) is 4.87. The van der Waals surface area contributed by atoms with Crippen LogP contribution in [0.15, 0.2) is 42.2 Å². The third-order valence-electron chi connectivity index (χ3n) is 4.09. The number of thiophene rings is 1. The first-order valence-electron chi connectivity index (χ1n) is 8.24. The molecule has 0 amide bonds. The molecule has 1 N–H and O–H groups in total. The number of aryl methyl sites for hydroxylation is 1. The highest BCUT2D eigenvalue weighted by Crippen LogP contribution is 2.32. The first-order chi connectivity index (χ1) is 13.2. The van der Waals surface area contributed by atoms with Crippen LogP contribution in [0.3, 0.4) is 0 Å². The van der Waals surface area contributed by atoms with Crippen molar-refractivity contribution >= 4 is 39.0 Å². The van der Waals surface area contributed by atoms with Crippen molar-refractivity contribution in [1.29, 1.82) is 0 Å². The minimum absolute atomic E-state index is 0.549. The van der Waals surface area contributed by atoms with Crippen LogP contribution in [0.25, 0.3) is 21.7 Å². The molecule has 1 aromatic carbocycles. The van der Waals surface area contributed by atoms with Crippen molar-refractivity contribution in [3.8, 4) is 17.3 Å². The Bertz CT molecular complexity index is 1100. The second-order valence-corrected chi connectivity index (χ2v) is 7.17. The van der Waals surface area contributed by atoms with Crippen molar-refractivity contribution in [2.75, 3.05) is 12.4 Å². The molecule has 0 unspecified atom stereocenters. The van der Waals surface area contributed by atoms with Gasteiger partial charge in [0, 0.05) is 18.9 Å². The van der Waals surface area contributed by atoms with Crippen molar-refractivity contribution in [3.05, 3.63) is 58.3 Å². The summed E-state index contributed by atoms with van der Waals surface area (Å²) in [5.41, 5.74) is 2.80. The number of hydrogen-bond donors (Lipinski definition) is 1. The van der Waals surface area contributed by atoms with Crippen LogP contribution < -0.4 is 10.1 Å². The number of hydrogen-bond acceptors (Lipinski definition) is 7. The van der Waals surface area contributed by atoms with Crippen LogP contribution >= 0.6 is 22.9 Å². The van der Waals surface area contributed by atoms with Crippen LogP contribution in [-0.4, -0.2) is 27.0 Å². The van der Waals surface area contributed by atoms with Crippen molar-refractivity contribution < 1.29 is 4.74 Å². The highest BCUT2D eigenvalue weighted by atomic mass is 35.5. The van der Waals surface area contributed by atoms with Gasteiger partial charge in [0.1, 0.15) is 22.1 Å².